The Bertz CT molecular complexity index is 488. The van der Waals surface area contributed by atoms with Crippen molar-refractivity contribution in [3.63, 3.8) is 0 Å². The third-order valence-corrected chi connectivity index (χ3v) is 5.63. The van der Waals surface area contributed by atoms with Gasteiger partial charge in [-0.15, -0.1) is 0 Å². The molecule has 3 aliphatic rings. The highest BCUT2D eigenvalue weighted by molar-refractivity contribution is 5.23. The van der Waals surface area contributed by atoms with Gasteiger partial charge in [0.2, 0.25) is 0 Å². The van der Waals surface area contributed by atoms with E-state index in [9.17, 15) is 0 Å². The molecule has 2 bridgehead atoms. The molecule has 0 radical (unpaired) electrons. The molecule has 0 aliphatic heterocycles. The van der Waals surface area contributed by atoms with Crippen LogP contribution in [0.4, 0.5) is 0 Å². The maximum atomic E-state index is 9.06. The van der Waals surface area contributed by atoms with Gasteiger partial charge in [0.05, 0.1) is 12.5 Å². The zero-order valence-electron chi connectivity index (χ0n) is 11.1. The van der Waals surface area contributed by atoms with Crippen LogP contribution < -0.4 is 5.32 Å². The Morgan fingerprint density at radius 1 is 1.16 bits per heavy atom. The molecule has 4 rings (SSSR count). The average molecular weight is 252 g/mol. The van der Waals surface area contributed by atoms with Crippen LogP contribution in [0.3, 0.4) is 0 Å². The van der Waals surface area contributed by atoms with Crippen LogP contribution in [-0.2, 0) is 0 Å². The summed E-state index contributed by atoms with van der Waals surface area (Å²) in [6, 6.07) is 13.7. The summed E-state index contributed by atoms with van der Waals surface area (Å²) in [5.74, 6) is 3.85. The fourth-order valence-electron chi connectivity index (χ4n) is 4.83. The Balaban J connectivity index is 1.48. The summed E-state index contributed by atoms with van der Waals surface area (Å²) < 4.78 is 0. The highest BCUT2D eigenvalue weighted by Crippen LogP contribution is 2.65. The first-order valence-electron chi connectivity index (χ1n) is 7.56. The highest BCUT2D eigenvalue weighted by Gasteiger charge is 2.64. The number of nitrogens with one attached hydrogen (secondary N) is 1. The van der Waals surface area contributed by atoms with Gasteiger partial charge in [0, 0.05) is 12.1 Å². The first-order valence-corrected chi connectivity index (χ1v) is 7.56. The molecule has 1 aromatic rings. The van der Waals surface area contributed by atoms with Gasteiger partial charge in [0.15, 0.2) is 0 Å². The summed E-state index contributed by atoms with van der Waals surface area (Å²) in [6.07, 6.45) is 4.98. The van der Waals surface area contributed by atoms with Gasteiger partial charge in [-0.1, -0.05) is 30.3 Å². The van der Waals surface area contributed by atoms with Crippen LogP contribution in [-0.4, -0.2) is 6.04 Å². The highest BCUT2D eigenvalue weighted by atomic mass is 15.0. The van der Waals surface area contributed by atoms with E-state index in [0.29, 0.717) is 12.5 Å². The largest absolute Gasteiger partial charge is 0.306 e. The lowest BCUT2D eigenvalue weighted by Crippen LogP contribution is -2.27. The lowest BCUT2D eigenvalue weighted by atomic mass is 10.0. The first-order chi connectivity index (χ1) is 9.38. The second kappa shape index (κ2) is 4.35. The maximum absolute atomic E-state index is 9.06. The van der Waals surface area contributed by atoms with Crippen LogP contribution in [0.5, 0.6) is 0 Å². The van der Waals surface area contributed by atoms with E-state index in [1.165, 1.54) is 24.8 Å². The van der Waals surface area contributed by atoms with Gasteiger partial charge < -0.3 is 5.32 Å². The summed E-state index contributed by atoms with van der Waals surface area (Å²) in [4.78, 5) is 0. The van der Waals surface area contributed by atoms with E-state index in [-0.39, 0.29) is 6.04 Å². The standard InChI is InChI=1S/C17H20N2/c18-9-8-14(11-4-2-1-3-5-11)19-17-15-12-6-7-13(10-12)16(15)17/h1-5,12-17,19H,6-8,10H2. The van der Waals surface area contributed by atoms with Gasteiger partial charge in [-0.25, -0.2) is 0 Å². The first kappa shape index (κ1) is 11.5. The van der Waals surface area contributed by atoms with E-state index in [1.807, 2.05) is 6.07 Å². The molecule has 0 heterocycles. The van der Waals surface area contributed by atoms with E-state index in [0.717, 1.165) is 23.7 Å². The zero-order chi connectivity index (χ0) is 12.8. The zero-order valence-corrected chi connectivity index (χ0v) is 11.1. The van der Waals surface area contributed by atoms with E-state index >= 15 is 0 Å². The minimum Gasteiger partial charge on any atom is -0.306 e. The quantitative estimate of drug-likeness (QED) is 0.892. The smallest absolute Gasteiger partial charge is 0.0641 e. The molecule has 1 N–H and O–H groups in total. The third-order valence-electron chi connectivity index (χ3n) is 5.63. The number of benzene rings is 1. The van der Waals surface area contributed by atoms with E-state index in [2.05, 4.69) is 35.7 Å². The third kappa shape index (κ3) is 1.80. The molecular weight excluding hydrogens is 232 g/mol. The SMILES string of the molecule is N#CCC(NC1C2C3CCC(C3)C12)c1ccccc1. The van der Waals surface area contributed by atoms with Crippen LogP contribution in [0, 0.1) is 35.0 Å². The maximum Gasteiger partial charge on any atom is 0.0641 e. The summed E-state index contributed by atoms with van der Waals surface area (Å²) in [5, 5.41) is 12.8. The van der Waals surface area contributed by atoms with Crippen molar-refractivity contribution in [2.75, 3.05) is 0 Å². The fraction of sp³-hybridized carbons (Fsp3) is 0.588. The molecule has 2 nitrogen and oxygen atoms in total. The van der Waals surface area contributed by atoms with Gasteiger partial charge in [-0.3, -0.25) is 0 Å². The number of fused-ring (bicyclic) bond motifs is 5. The summed E-state index contributed by atoms with van der Waals surface area (Å²) in [7, 11) is 0. The molecule has 0 spiro atoms. The molecule has 3 aliphatic carbocycles. The van der Waals surface area contributed by atoms with Gasteiger partial charge in [-0.2, -0.15) is 5.26 Å². The van der Waals surface area contributed by atoms with E-state index < -0.39 is 0 Å². The number of hydrogen-bond donors (Lipinski definition) is 1. The second-order valence-corrected chi connectivity index (χ2v) is 6.51. The Labute approximate surface area is 114 Å². The molecule has 0 amide bonds. The molecule has 0 saturated heterocycles. The minimum atomic E-state index is 0.223. The number of nitriles is 1. The summed E-state index contributed by atoms with van der Waals surface area (Å²) in [5.41, 5.74) is 1.27. The molecule has 0 aromatic heterocycles. The molecule has 1 aromatic carbocycles. The van der Waals surface area contributed by atoms with E-state index in [1.54, 1.807) is 0 Å². The van der Waals surface area contributed by atoms with Crippen LogP contribution in [0.1, 0.15) is 37.3 Å². The molecule has 98 valence electrons. The van der Waals surface area contributed by atoms with Crippen LogP contribution in [0.25, 0.3) is 0 Å². The minimum absolute atomic E-state index is 0.223. The van der Waals surface area contributed by atoms with Crippen molar-refractivity contribution in [2.24, 2.45) is 23.7 Å². The molecular formula is C17H20N2. The van der Waals surface area contributed by atoms with Gasteiger partial charge in [0.25, 0.3) is 0 Å². The van der Waals surface area contributed by atoms with Crippen molar-refractivity contribution in [3.8, 4) is 6.07 Å². The van der Waals surface area contributed by atoms with Gasteiger partial charge in [0.1, 0.15) is 0 Å². The molecule has 2 heteroatoms. The van der Waals surface area contributed by atoms with Crippen LogP contribution >= 0.6 is 0 Å². The lowest BCUT2D eigenvalue weighted by Gasteiger charge is -2.19. The molecule has 3 saturated carbocycles. The lowest BCUT2D eigenvalue weighted by molar-refractivity contribution is 0.423. The second-order valence-electron chi connectivity index (χ2n) is 6.51. The molecule has 5 atom stereocenters. The Morgan fingerprint density at radius 2 is 1.84 bits per heavy atom. The van der Waals surface area contributed by atoms with Crippen molar-refractivity contribution in [1.82, 2.24) is 5.32 Å². The Morgan fingerprint density at radius 3 is 2.47 bits per heavy atom. The van der Waals surface area contributed by atoms with Crippen molar-refractivity contribution in [2.45, 2.75) is 37.8 Å². The number of hydrogen-bond acceptors (Lipinski definition) is 2. The summed E-state index contributed by atoms with van der Waals surface area (Å²) >= 11 is 0. The number of rotatable bonds is 4. The molecule has 3 fully saturated rings. The molecule has 19 heavy (non-hydrogen) atoms. The van der Waals surface area contributed by atoms with E-state index in [4.69, 9.17) is 5.26 Å². The predicted molar refractivity (Wildman–Crippen MR) is 74.1 cm³/mol. The van der Waals surface area contributed by atoms with Crippen molar-refractivity contribution < 1.29 is 0 Å². The monoisotopic (exact) mass is 252 g/mol. The van der Waals surface area contributed by atoms with Crippen molar-refractivity contribution >= 4 is 0 Å². The van der Waals surface area contributed by atoms with Crippen molar-refractivity contribution in [1.29, 1.82) is 5.26 Å². The van der Waals surface area contributed by atoms with Crippen LogP contribution in [0.2, 0.25) is 0 Å². The predicted octanol–water partition coefficient (Wildman–Crippen LogP) is 3.28. The van der Waals surface area contributed by atoms with Gasteiger partial charge in [-0.05, 0) is 48.5 Å². The fourth-order valence-corrected chi connectivity index (χ4v) is 4.83. The molecule has 5 unspecified atom stereocenters. The summed E-state index contributed by atoms with van der Waals surface area (Å²) in [6.45, 7) is 0. The van der Waals surface area contributed by atoms with Crippen molar-refractivity contribution in [3.05, 3.63) is 35.9 Å². The van der Waals surface area contributed by atoms with Gasteiger partial charge >= 0.3 is 0 Å². The van der Waals surface area contributed by atoms with Crippen LogP contribution in [0.15, 0.2) is 30.3 Å². The normalized spacial score (nSPS) is 39.6. The average Bonchev–Trinajstić information content (AvgIpc) is 2.84. The Kier molecular flexibility index (Phi) is 2.63. The topological polar surface area (TPSA) is 35.8 Å². The number of nitrogens with zero attached hydrogens (tertiary/aromatic N) is 1. The Hall–Kier alpha value is -1.33.